The van der Waals surface area contributed by atoms with Crippen LogP contribution in [0.1, 0.15) is 23.5 Å². The van der Waals surface area contributed by atoms with Gasteiger partial charge in [0.05, 0.1) is 4.90 Å². The molecule has 0 aromatic heterocycles. The van der Waals surface area contributed by atoms with Crippen molar-refractivity contribution in [1.82, 2.24) is 0 Å². The van der Waals surface area contributed by atoms with Gasteiger partial charge >= 0.3 is 0 Å². The molecule has 0 bridgehead atoms. The van der Waals surface area contributed by atoms with E-state index in [-0.39, 0.29) is 10.8 Å². The standard InChI is InChI=1S/C19H20N2O2S/c20-24(22,23)14-9-10-18-17(12-14)15-7-4-8-16(15)19(21-18)11-13-5-2-1-3-6-13/h1-7,9-10,12,15-16,19,21H,8,11H2,(H2,20,22,23)/t15-,16+,19+/m0/s1. The number of fused-ring (bicyclic) bond motifs is 3. The summed E-state index contributed by atoms with van der Waals surface area (Å²) in [6.45, 7) is 0. The number of hydrogen-bond donors (Lipinski definition) is 2. The number of hydrogen-bond acceptors (Lipinski definition) is 3. The molecule has 124 valence electrons. The van der Waals surface area contributed by atoms with Crippen molar-refractivity contribution in [2.75, 3.05) is 5.32 Å². The highest BCUT2D eigenvalue weighted by atomic mass is 32.2. The minimum Gasteiger partial charge on any atom is -0.381 e. The molecule has 2 aromatic rings. The van der Waals surface area contributed by atoms with Gasteiger partial charge in [-0.3, -0.25) is 0 Å². The van der Waals surface area contributed by atoms with Gasteiger partial charge in [0.15, 0.2) is 0 Å². The number of rotatable bonds is 3. The predicted octanol–water partition coefficient (Wildman–Crippen LogP) is 3.03. The molecule has 2 aliphatic rings. The fourth-order valence-electron chi connectivity index (χ4n) is 3.92. The maximum atomic E-state index is 11.7. The minimum absolute atomic E-state index is 0.184. The summed E-state index contributed by atoms with van der Waals surface area (Å²) < 4.78 is 23.3. The Morgan fingerprint density at radius 3 is 2.67 bits per heavy atom. The second kappa shape index (κ2) is 5.76. The normalized spacial score (nSPS) is 25.0. The van der Waals surface area contributed by atoms with E-state index in [0.717, 1.165) is 24.1 Å². The summed E-state index contributed by atoms with van der Waals surface area (Å²) in [5.74, 6) is 0.685. The monoisotopic (exact) mass is 340 g/mol. The molecule has 0 fully saturated rings. The molecule has 3 N–H and O–H groups in total. The molecule has 1 aliphatic heterocycles. The van der Waals surface area contributed by atoms with Gasteiger partial charge in [-0.1, -0.05) is 42.5 Å². The third-order valence-corrected chi connectivity index (χ3v) is 5.99. The Kier molecular flexibility index (Phi) is 3.70. The van der Waals surface area contributed by atoms with E-state index in [1.807, 2.05) is 12.1 Å². The number of sulfonamides is 1. The van der Waals surface area contributed by atoms with Crippen molar-refractivity contribution in [3.8, 4) is 0 Å². The Morgan fingerprint density at radius 2 is 1.92 bits per heavy atom. The molecule has 0 spiro atoms. The molecule has 4 nitrogen and oxygen atoms in total. The smallest absolute Gasteiger partial charge is 0.238 e. The zero-order valence-corrected chi connectivity index (χ0v) is 14.0. The highest BCUT2D eigenvalue weighted by molar-refractivity contribution is 7.89. The van der Waals surface area contributed by atoms with Crippen molar-refractivity contribution < 1.29 is 8.42 Å². The molecular weight excluding hydrogens is 320 g/mol. The third-order valence-electron chi connectivity index (χ3n) is 5.08. The summed E-state index contributed by atoms with van der Waals surface area (Å²) in [4.78, 5) is 0.184. The fourth-order valence-corrected chi connectivity index (χ4v) is 4.47. The topological polar surface area (TPSA) is 72.2 Å². The lowest BCUT2D eigenvalue weighted by Gasteiger charge is -2.37. The van der Waals surface area contributed by atoms with Crippen LogP contribution in [0.5, 0.6) is 0 Å². The number of benzene rings is 2. The highest BCUT2D eigenvalue weighted by Crippen LogP contribution is 2.45. The summed E-state index contributed by atoms with van der Waals surface area (Å²) in [6.07, 6.45) is 6.37. The summed E-state index contributed by atoms with van der Waals surface area (Å²) in [7, 11) is -3.68. The maximum absolute atomic E-state index is 11.7. The van der Waals surface area contributed by atoms with Gasteiger partial charge in [0, 0.05) is 17.6 Å². The Balaban J connectivity index is 1.70. The first-order valence-corrected chi connectivity index (χ1v) is 9.71. The summed E-state index contributed by atoms with van der Waals surface area (Å²) in [5, 5.41) is 8.91. The lowest BCUT2D eigenvalue weighted by Crippen LogP contribution is -2.37. The Labute approximate surface area is 142 Å². The van der Waals surface area contributed by atoms with Crippen LogP contribution in [0.2, 0.25) is 0 Å². The van der Waals surface area contributed by atoms with Crippen molar-refractivity contribution in [3.05, 3.63) is 71.8 Å². The highest BCUT2D eigenvalue weighted by Gasteiger charge is 2.37. The Morgan fingerprint density at radius 1 is 1.12 bits per heavy atom. The summed E-state index contributed by atoms with van der Waals surface area (Å²) in [5.41, 5.74) is 3.35. The zero-order valence-electron chi connectivity index (χ0n) is 13.2. The maximum Gasteiger partial charge on any atom is 0.238 e. The van der Waals surface area contributed by atoms with Crippen molar-refractivity contribution >= 4 is 15.7 Å². The van der Waals surface area contributed by atoms with Crippen LogP contribution in [0.25, 0.3) is 0 Å². The molecule has 1 heterocycles. The average Bonchev–Trinajstić information content (AvgIpc) is 3.05. The molecule has 0 amide bonds. The van der Waals surface area contributed by atoms with Gasteiger partial charge in [0.1, 0.15) is 0 Å². The second-order valence-corrected chi connectivity index (χ2v) is 8.15. The molecule has 1 aliphatic carbocycles. The molecule has 0 radical (unpaired) electrons. The molecule has 4 rings (SSSR count). The third kappa shape index (κ3) is 2.74. The summed E-state index contributed by atoms with van der Waals surface area (Å²) in [6, 6.07) is 15.9. The van der Waals surface area contributed by atoms with Gasteiger partial charge in [-0.05, 0) is 48.1 Å². The van der Waals surface area contributed by atoms with Crippen LogP contribution in [0.3, 0.4) is 0 Å². The van der Waals surface area contributed by atoms with Gasteiger partial charge in [0.25, 0.3) is 0 Å². The zero-order chi connectivity index (χ0) is 16.7. The van der Waals surface area contributed by atoms with Crippen LogP contribution < -0.4 is 10.5 Å². The van der Waals surface area contributed by atoms with Crippen LogP contribution in [-0.4, -0.2) is 14.5 Å². The van der Waals surface area contributed by atoms with E-state index in [0.29, 0.717) is 12.0 Å². The Hall–Kier alpha value is -2.11. The van der Waals surface area contributed by atoms with E-state index >= 15 is 0 Å². The van der Waals surface area contributed by atoms with E-state index < -0.39 is 10.0 Å². The largest absolute Gasteiger partial charge is 0.381 e. The minimum atomic E-state index is -3.68. The van der Waals surface area contributed by atoms with Gasteiger partial charge in [0.2, 0.25) is 10.0 Å². The van der Waals surface area contributed by atoms with Crippen LogP contribution in [0.4, 0.5) is 5.69 Å². The van der Waals surface area contributed by atoms with Crippen LogP contribution in [-0.2, 0) is 16.4 Å². The second-order valence-electron chi connectivity index (χ2n) is 6.59. The van der Waals surface area contributed by atoms with Crippen molar-refractivity contribution in [3.63, 3.8) is 0 Å². The quantitative estimate of drug-likeness (QED) is 0.844. The van der Waals surface area contributed by atoms with Crippen molar-refractivity contribution in [2.24, 2.45) is 11.1 Å². The molecular formula is C19H20N2O2S. The first-order valence-electron chi connectivity index (χ1n) is 8.16. The predicted molar refractivity (Wildman–Crippen MR) is 95.4 cm³/mol. The van der Waals surface area contributed by atoms with Crippen molar-refractivity contribution in [2.45, 2.75) is 29.7 Å². The SMILES string of the molecule is NS(=O)(=O)c1ccc2c(c1)[C@H]1C=CC[C@H]1[C@@H](Cc1ccccc1)N2. The Bertz CT molecular complexity index is 891. The number of nitrogens with two attached hydrogens (primary N) is 1. The van der Waals surface area contributed by atoms with Crippen molar-refractivity contribution in [1.29, 1.82) is 0 Å². The molecule has 2 aromatic carbocycles. The first kappa shape index (κ1) is 15.4. The van der Waals surface area contributed by atoms with E-state index in [1.165, 1.54) is 5.56 Å². The number of primary sulfonamides is 1. The van der Waals surface area contributed by atoms with Gasteiger partial charge in [-0.25, -0.2) is 13.6 Å². The molecule has 24 heavy (non-hydrogen) atoms. The van der Waals surface area contributed by atoms with Crippen LogP contribution in [0.15, 0.2) is 65.6 Å². The van der Waals surface area contributed by atoms with Gasteiger partial charge in [-0.2, -0.15) is 0 Å². The van der Waals surface area contributed by atoms with Gasteiger partial charge < -0.3 is 5.32 Å². The fraction of sp³-hybridized carbons (Fsp3) is 0.263. The number of allylic oxidation sites excluding steroid dienone is 2. The van der Waals surface area contributed by atoms with Gasteiger partial charge in [-0.15, -0.1) is 0 Å². The lowest BCUT2D eigenvalue weighted by atomic mass is 9.77. The molecule has 3 atom stereocenters. The van der Waals surface area contributed by atoms with E-state index in [2.05, 4.69) is 41.7 Å². The first-order chi connectivity index (χ1) is 11.5. The van der Waals surface area contributed by atoms with Crippen LogP contribution >= 0.6 is 0 Å². The van der Waals surface area contributed by atoms with E-state index in [4.69, 9.17) is 5.14 Å². The van der Waals surface area contributed by atoms with E-state index in [1.54, 1.807) is 12.1 Å². The molecule has 0 saturated heterocycles. The number of anilines is 1. The number of nitrogens with one attached hydrogen (secondary N) is 1. The molecule has 0 saturated carbocycles. The molecule has 0 unspecified atom stereocenters. The average molecular weight is 340 g/mol. The molecule has 5 heteroatoms. The lowest BCUT2D eigenvalue weighted by molar-refractivity contribution is 0.412. The summed E-state index contributed by atoms with van der Waals surface area (Å²) >= 11 is 0. The van der Waals surface area contributed by atoms with Crippen LogP contribution in [0, 0.1) is 5.92 Å². The van der Waals surface area contributed by atoms with E-state index in [9.17, 15) is 8.42 Å².